The van der Waals surface area contributed by atoms with E-state index in [2.05, 4.69) is 5.16 Å². The normalized spacial score (nSPS) is 18.4. The first-order valence-corrected chi connectivity index (χ1v) is 9.05. The van der Waals surface area contributed by atoms with Gasteiger partial charge in [-0.3, -0.25) is 0 Å². The fraction of sp³-hybridized carbons (Fsp3) is 0.647. The molecule has 1 aromatic heterocycles. The molecular formula is C17H25NO2S. The highest BCUT2D eigenvalue weighted by molar-refractivity contribution is 7.11. The summed E-state index contributed by atoms with van der Waals surface area (Å²) in [5.41, 5.74) is 1.06. The Morgan fingerprint density at radius 2 is 1.52 bits per heavy atom. The van der Waals surface area contributed by atoms with Gasteiger partial charge in [0.15, 0.2) is 0 Å². The molecule has 1 aromatic rings. The molecule has 0 N–H and O–H groups in total. The third kappa shape index (κ3) is 6.42. The SMILES string of the molecule is O=C(ON=C1CCCCCCCCCCC1)c1cccs1. The van der Waals surface area contributed by atoms with Gasteiger partial charge in [-0.2, -0.15) is 0 Å². The van der Waals surface area contributed by atoms with Gasteiger partial charge >= 0.3 is 5.97 Å². The maximum Gasteiger partial charge on any atom is 0.375 e. The minimum Gasteiger partial charge on any atom is -0.312 e. The lowest BCUT2D eigenvalue weighted by Gasteiger charge is -2.08. The fourth-order valence-corrected chi connectivity index (χ4v) is 3.25. The van der Waals surface area contributed by atoms with Crippen molar-refractivity contribution in [3.63, 3.8) is 0 Å². The molecule has 0 amide bonds. The first-order chi connectivity index (χ1) is 10.4. The molecule has 116 valence electrons. The van der Waals surface area contributed by atoms with E-state index in [9.17, 15) is 4.79 Å². The number of hydrogen-bond donors (Lipinski definition) is 0. The number of thiophene rings is 1. The van der Waals surface area contributed by atoms with E-state index >= 15 is 0 Å². The minimum atomic E-state index is -0.330. The lowest BCUT2D eigenvalue weighted by atomic mass is 10.00. The summed E-state index contributed by atoms with van der Waals surface area (Å²) in [4.78, 5) is 17.5. The van der Waals surface area contributed by atoms with E-state index in [4.69, 9.17) is 4.84 Å². The van der Waals surface area contributed by atoms with Crippen molar-refractivity contribution in [1.82, 2.24) is 0 Å². The first kappa shape index (κ1) is 16.2. The zero-order valence-electron chi connectivity index (χ0n) is 12.7. The highest BCUT2D eigenvalue weighted by atomic mass is 32.1. The van der Waals surface area contributed by atoms with E-state index in [1.165, 1.54) is 56.3 Å². The number of carbonyl (C=O) groups excluding carboxylic acids is 1. The molecule has 0 aromatic carbocycles. The minimum absolute atomic E-state index is 0.330. The van der Waals surface area contributed by atoms with E-state index in [-0.39, 0.29) is 5.97 Å². The van der Waals surface area contributed by atoms with Crippen LogP contribution in [0.5, 0.6) is 0 Å². The number of oxime groups is 1. The van der Waals surface area contributed by atoms with Gasteiger partial charge in [0.2, 0.25) is 0 Å². The van der Waals surface area contributed by atoms with Crippen LogP contribution in [0.1, 0.15) is 80.3 Å². The van der Waals surface area contributed by atoms with Crippen molar-refractivity contribution >= 4 is 23.0 Å². The topological polar surface area (TPSA) is 38.7 Å². The Morgan fingerprint density at radius 3 is 2.05 bits per heavy atom. The van der Waals surface area contributed by atoms with Crippen molar-refractivity contribution in [3.8, 4) is 0 Å². The Morgan fingerprint density at radius 1 is 0.952 bits per heavy atom. The van der Waals surface area contributed by atoms with E-state index in [1.54, 1.807) is 6.07 Å². The third-order valence-corrected chi connectivity index (χ3v) is 4.76. The molecule has 0 bridgehead atoms. The third-order valence-electron chi connectivity index (χ3n) is 3.91. The smallest absolute Gasteiger partial charge is 0.312 e. The molecule has 4 heteroatoms. The second kappa shape index (κ2) is 9.72. The Labute approximate surface area is 131 Å². The molecule has 0 aliphatic heterocycles. The number of hydrogen-bond acceptors (Lipinski definition) is 4. The second-order valence-electron chi connectivity index (χ2n) is 5.70. The second-order valence-corrected chi connectivity index (χ2v) is 6.64. The van der Waals surface area contributed by atoms with Crippen LogP contribution >= 0.6 is 11.3 Å². The van der Waals surface area contributed by atoms with E-state index in [0.29, 0.717) is 4.88 Å². The number of rotatable bonds is 2. The Bertz CT molecular complexity index is 426. The quantitative estimate of drug-likeness (QED) is 0.529. The lowest BCUT2D eigenvalue weighted by Crippen LogP contribution is -2.05. The summed E-state index contributed by atoms with van der Waals surface area (Å²) in [6.07, 6.45) is 13.5. The van der Waals surface area contributed by atoms with Crippen molar-refractivity contribution in [2.24, 2.45) is 5.16 Å². The van der Waals surface area contributed by atoms with Crippen LogP contribution in [-0.2, 0) is 4.84 Å². The maximum atomic E-state index is 11.8. The molecule has 21 heavy (non-hydrogen) atoms. The fourth-order valence-electron chi connectivity index (χ4n) is 2.66. The predicted octanol–water partition coefficient (Wildman–Crippen LogP) is 5.57. The summed E-state index contributed by atoms with van der Waals surface area (Å²) in [7, 11) is 0. The molecule has 0 atom stereocenters. The molecule has 0 unspecified atom stereocenters. The molecule has 0 saturated heterocycles. The zero-order chi connectivity index (χ0) is 14.8. The standard InChI is InChI=1S/C17H25NO2S/c19-17(16-13-10-14-21-16)20-18-15-11-8-6-4-2-1-3-5-7-9-12-15/h10,13-14H,1-9,11-12H2. The van der Waals surface area contributed by atoms with Crippen molar-refractivity contribution in [3.05, 3.63) is 22.4 Å². The van der Waals surface area contributed by atoms with Crippen molar-refractivity contribution in [2.45, 2.75) is 70.6 Å². The maximum absolute atomic E-state index is 11.8. The summed E-state index contributed by atoms with van der Waals surface area (Å²) in [6, 6.07) is 3.62. The van der Waals surface area contributed by atoms with Gasteiger partial charge in [-0.15, -0.1) is 11.3 Å². The first-order valence-electron chi connectivity index (χ1n) is 8.17. The van der Waals surface area contributed by atoms with Crippen LogP contribution in [0.3, 0.4) is 0 Å². The molecule has 1 aliphatic carbocycles. The summed E-state index contributed by atoms with van der Waals surface area (Å²) >= 11 is 1.39. The van der Waals surface area contributed by atoms with Crippen LogP contribution in [0.25, 0.3) is 0 Å². The van der Waals surface area contributed by atoms with E-state index in [1.807, 2.05) is 11.4 Å². The van der Waals surface area contributed by atoms with Gasteiger partial charge in [-0.05, 0) is 37.1 Å². The average Bonchev–Trinajstić information content (AvgIpc) is 3.01. The molecule has 1 fully saturated rings. The summed E-state index contributed by atoms with van der Waals surface area (Å²) in [5, 5.41) is 6.02. The summed E-state index contributed by atoms with van der Waals surface area (Å²) in [6.45, 7) is 0. The van der Waals surface area contributed by atoms with Gasteiger partial charge in [0, 0.05) is 0 Å². The summed E-state index contributed by atoms with van der Waals surface area (Å²) in [5.74, 6) is -0.330. The van der Waals surface area contributed by atoms with Crippen LogP contribution in [0, 0.1) is 0 Å². The van der Waals surface area contributed by atoms with Crippen LogP contribution in [0.15, 0.2) is 22.7 Å². The molecule has 0 radical (unpaired) electrons. The Hall–Kier alpha value is -1.16. The molecule has 1 aliphatic rings. The monoisotopic (exact) mass is 307 g/mol. The molecule has 1 heterocycles. The van der Waals surface area contributed by atoms with Crippen LogP contribution in [-0.4, -0.2) is 11.7 Å². The molecule has 1 saturated carbocycles. The predicted molar refractivity (Wildman–Crippen MR) is 88.0 cm³/mol. The highest BCUT2D eigenvalue weighted by Crippen LogP contribution is 2.16. The largest absolute Gasteiger partial charge is 0.375 e. The van der Waals surface area contributed by atoms with E-state index < -0.39 is 0 Å². The van der Waals surface area contributed by atoms with Crippen molar-refractivity contribution in [2.75, 3.05) is 0 Å². The van der Waals surface area contributed by atoms with E-state index in [0.717, 1.165) is 31.4 Å². The van der Waals surface area contributed by atoms with Crippen molar-refractivity contribution in [1.29, 1.82) is 0 Å². The highest BCUT2D eigenvalue weighted by Gasteiger charge is 2.09. The van der Waals surface area contributed by atoms with Gasteiger partial charge < -0.3 is 4.84 Å². The van der Waals surface area contributed by atoms with Crippen LogP contribution < -0.4 is 0 Å². The van der Waals surface area contributed by atoms with Gasteiger partial charge in [0.1, 0.15) is 4.88 Å². The van der Waals surface area contributed by atoms with Gasteiger partial charge in [0.25, 0.3) is 0 Å². The molecule has 3 nitrogen and oxygen atoms in total. The van der Waals surface area contributed by atoms with Crippen LogP contribution in [0.2, 0.25) is 0 Å². The molecule has 2 rings (SSSR count). The van der Waals surface area contributed by atoms with Gasteiger partial charge in [-0.25, -0.2) is 4.79 Å². The summed E-state index contributed by atoms with van der Waals surface area (Å²) < 4.78 is 0. The zero-order valence-corrected chi connectivity index (χ0v) is 13.5. The van der Waals surface area contributed by atoms with Gasteiger partial charge in [-0.1, -0.05) is 56.2 Å². The molecular weight excluding hydrogens is 282 g/mol. The Kier molecular flexibility index (Phi) is 7.50. The van der Waals surface area contributed by atoms with Gasteiger partial charge in [0.05, 0.1) is 5.71 Å². The van der Waals surface area contributed by atoms with Crippen LogP contribution in [0.4, 0.5) is 0 Å². The lowest BCUT2D eigenvalue weighted by molar-refractivity contribution is 0.0520. The number of nitrogens with zero attached hydrogens (tertiary/aromatic N) is 1. The number of carbonyl (C=O) groups is 1. The Balaban J connectivity index is 1.84. The average molecular weight is 307 g/mol. The van der Waals surface area contributed by atoms with Crippen molar-refractivity contribution < 1.29 is 9.63 Å². The molecule has 0 spiro atoms.